The van der Waals surface area contributed by atoms with Crippen molar-refractivity contribution >= 4 is 0 Å². The molecule has 0 aromatic rings. The number of fused-ring (bicyclic) bond motifs is 2. The summed E-state index contributed by atoms with van der Waals surface area (Å²) in [5.41, 5.74) is 0. The fraction of sp³-hybridized carbons (Fsp3) is 1.00. The maximum Gasteiger partial charge on any atom is 0.251 e. The quantitative estimate of drug-likeness (QED) is 0.493. The third-order valence-corrected chi connectivity index (χ3v) is 3.30. The molecule has 0 spiro atoms. The lowest BCUT2D eigenvalue weighted by molar-refractivity contribution is -0.0553. The van der Waals surface area contributed by atoms with Crippen LogP contribution in [0.1, 0.15) is 26.2 Å². The summed E-state index contributed by atoms with van der Waals surface area (Å²) in [7, 11) is 0. The maximum absolute atomic E-state index is 12.9. The van der Waals surface area contributed by atoms with Gasteiger partial charge in [-0.1, -0.05) is 6.92 Å². The molecule has 3 atom stereocenters. The van der Waals surface area contributed by atoms with E-state index in [4.69, 9.17) is 0 Å². The second kappa shape index (κ2) is 1.72. The van der Waals surface area contributed by atoms with Gasteiger partial charge in [-0.25, -0.2) is 8.78 Å². The standard InChI is InChI=1S/C8H12F2/c1-5-6-2-3-7(5)8(9,10)4-6/h5-7H,2-4H2,1H3. The van der Waals surface area contributed by atoms with E-state index in [0.29, 0.717) is 5.92 Å². The second-order valence-electron chi connectivity index (χ2n) is 3.77. The van der Waals surface area contributed by atoms with E-state index < -0.39 is 5.92 Å². The molecule has 0 nitrogen and oxygen atoms in total. The smallest absolute Gasteiger partial charge is 0.207 e. The Morgan fingerprint density at radius 3 is 2.20 bits per heavy atom. The molecule has 0 aromatic carbocycles. The molecule has 0 radical (unpaired) electrons. The van der Waals surface area contributed by atoms with Gasteiger partial charge in [0.25, 0.3) is 5.92 Å². The summed E-state index contributed by atoms with van der Waals surface area (Å²) in [6.45, 7) is 1.98. The molecular weight excluding hydrogens is 134 g/mol. The third kappa shape index (κ3) is 0.650. The van der Waals surface area contributed by atoms with Crippen LogP contribution in [0.3, 0.4) is 0 Å². The number of hydrogen-bond acceptors (Lipinski definition) is 0. The molecule has 0 aliphatic heterocycles. The van der Waals surface area contributed by atoms with Crippen LogP contribution in [0.4, 0.5) is 8.78 Å². The Labute approximate surface area is 59.6 Å². The normalized spacial score (nSPS) is 50.1. The number of halogens is 2. The van der Waals surface area contributed by atoms with Gasteiger partial charge in [0, 0.05) is 12.3 Å². The average Bonchev–Trinajstić information content (AvgIpc) is 2.21. The molecule has 0 N–H and O–H groups in total. The van der Waals surface area contributed by atoms with E-state index in [1.54, 1.807) is 0 Å². The number of rotatable bonds is 0. The fourth-order valence-corrected chi connectivity index (χ4v) is 2.63. The predicted octanol–water partition coefficient (Wildman–Crippen LogP) is 2.69. The first-order valence-electron chi connectivity index (χ1n) is 3.99. The Morgan fingerprint density at radius 2 is 2.00 bits per heavy atom. The van der Waals surface area contributed by atoms with Gasteiger partial charge < -0.3 is 0 Å². The van der Waals surface area contributed by atoms with Crippen molar-refractivity contribution in [3.8, 4) is 0 Å². The van der Waals surface area contributed by atoms with Gasteiger partial charge in [-0.05, 0) is 24.7 Å². The zero-order valence-electron chi connectivity index (χ0n) is 6.11. The highest BCUT2D eigenvalue weighted by atomic mass is 19.3. The molecule has 2 rings (SSSR count). The lowest BCUT2D eigenvalue weighted by Crippen LogP contribution is -2.24. The van der Waals surface area contributed by atoms with Crippen molar-refractivity contribution in [2.45, 2.75) is 32.1 Å². The summed E-state index contributed by atoms with van der Waals surface area (Å²) in [5, 5.41) is 0. The van der Waals surface area contributed by atoms with Gasteiger partial charge >= 0.3 is 0 Å². The monoisotopic (exact) mass is 146 g/mol. The van der Waals surface area contributed by atoms with Crippen molar-refractivity contribution in [2.75, 3.05) is 0 Å². The minimum atomic E-state index is -2.32. The molecule has 2 fully saturated rings. The van der Waals surface area contributed by atoms with Crippen LogP contribution in [0, 0.1) is 17.8 Å². The van der Waals surface area contributed by atoms with Crippen molar-refractivity contribution in [1.29, 1.82) is 0 Å². The van der Waals surface area contributed by atoms with Crippen LogP contribution in [-0.4, -0.2) is 5.92 Å². The Bertz CT molecular complexity index is 153. The minimum absolute atomic E-state index is 0.166. The van der Waals surface area contributed by atoms with Crippen molar-refractivity contribution in [1.82, 2.24) is 0 Å². The van der Waals surface area contributed by atoms with Gasteiger partial charge in [0.2, 0.25) is 0 Å². The lowest BCUT2D eigenvalue weighted by atomic mass is 9.97. The highest BCUT2D eigenvalue weighted by Crippen LogP contribution is 2.56. The molecule has 3 unspecified atom stereocenters. The van der Waals surface area contributed by atoms with Gasteiger partial charge in [0.15, 0.2) is 0 Å². The summed E-state index contributed by atoms with van der Waals surface area (Å²) in [4.78, 5) is 0. The maximum atomic E-state index is 12.9. The SMILES string of the molecule is CC1C2CCC1C(F)(F)C2. The second-order valence-corrected chi connectivity index (χ2v) is 3.77. The summed E-state index contributed by atoms with van der Waals surface area (Å²) in [6, 6.07) is 0. The minimum Gasteiger partial charge on any atom is -0.207 e. The highest BCUT2D eigenvalue weighted by molar-refractivity contribution is 4.99. The van der Waals surface area contributed by atoms with E-state index >= 15 is 0 Å². The fourth-order valence-electron chi connectivity index (χ4n) is 2.63. The first-order valence-corrected chi connectivity index (χ1v) is 3.99. The van der Waals surface area contributed by atoms with Gasteiger partial charge in [-0.15, -0.1) is 0 Å². The molecule has 10 heavy (non-hydrogen) atoms. The molecule has 2 heteroatoms. The van der Waals surface area contributed by atoms with Crippen molar-refractivity contribution in [2.24, 2.45) is 17.8 Å². The first-order chi connectivity index (χ1) is 4.61. The molecule has 0 amide bonds. The van der Waals surface area contributed by atoms with E-state index in [1.165, 1.54) is 0 Å². The van der Waals surface area contributed by atoms with Gasteiger partial charge in [-0.2, -0.15) is 0 Å². The van der Waals surface area contributed by atoms with Gasteiger partial charge in [0.1, 0.15) is 0 Å². The topological polar surface area (TPSA) is 0 Å². The number of hydrogen-bond donors (Lipinski definition) is 0. The van der Waals surface area contributed by atoms with E-state index in [1.807, 2.05) is 6.92 Å². The summed E-state index contributed by atoms with van der Waals surface area (Å²) < 4.78 is 25.8. The van der Waals surface area contributed by atoms with Crippen LogP contribution in [0.25, 0.3) is 0 Å². The van der Waals surface area contributed by atoms with Gasteiger partial charge in [0.05, 0.1) is 0 Å². The molecule has 0 saturated heterocycles. The Kier molecular flexibility index (Phi) is 1.13. The largest absolute Gasteiger partial charge is 0.251 e. The summed E-state index contributed by atoms with van der Waals surface area (Å²) in [5.74, 6) is -1.98. The first kappa shape index (κ1) is 6.56. The third-order valence-electron chi connectivity index (χ3n) is 3.30. The van der Waals surface area contributed by atoms with Crippen molar-refractivity contribution < 1.29 is 8.78 Å². The molecule has 2 bridgehead atoms. The molecule has 0 heterocycles. The highest BCUT2D eigenvalue weighted by Gasteiger charge is 2.56. The molecular formula is C8H12F2. The Morgan fingerprint density at radius 1 is 1.30 bits per heavy atom. The predicted molar refractivity (Wildman–Crippen MR) is 34.9 cm³/mol. The zero-order valence-corrected chi connectivity index (χ0v) is 6.11. The molecule has 0 aromatic heterocycles. The number of alkyl halides is 2. The molecule has 2 aliphatic carbocycles. The lowest BCUT2D eigenvalue weighted by Gasteiger charge is -2.20. The van der Waals surface area contributed by atoms with Crippen LogP contribution < -0.4 is 0 Å². The van der Waals surface area contributed by atoms with E-state index in [0.717, 1.165) is 12.8 Å². The van der Waals surface area contributed by atoms with Crippen LogP contribution in [0.15, 0.2) is 0 Å². The van der Waals surface area contributed by atoms with E-state index in [2.05, 4.69) is 0 Å². The van der Waals surface area contributed by atoms with Crippen molar-refractivity contribution in [3.05, 3.63) is 0 Å². The van der Waals surface area contributed by atoms with Crippen LogP contribution in [0.2, 0.25) is 0 Å². The summed E-state index contributed by atoms with van der Waals surface area (Å²) in [6.07, 6.45) is 1.97. The van der Waals surface area contributed by atoms with Crippen LogP contribution in [-0.2, 0) is 0 Å². The average molecular weight is 146 g/mol. The zero-order chi connectivity index (χ0) is 7.35. The Hall–Kier alpha value is -0.140. The summed E-state index contributed by atoms with van der Waals surface area (Å²) >= 11 is 0. The molecule has 2 aliphatic rings. The van der Waals surface area contributed by atoms with Crippen LogP contribution in [0.5, 0.6) is 0 Å². The van der Waals surface area contributed by atoms with Crippen LogP contribution >= 0.6 is 0 Å². The molecule has 58 valence electrons. The van der Waals surface area contributed by atoms with E-state index in [9.17, 15) is 8.78 Å². The van der Waals surface area contributed by atoms with E-state index in [-0.39, 0.29) is 18.3 Å². The molecule has 2 saturated carbocycles. The van der Waals surface area contributed by atoms with Gasteiger partial charge in [-0.3, -0.25) is 0 Å². The van der Waals surface area contributed by atoms with Crippen molar-refractivity contribution in [3.63, 3.8) is 0 Å². The Balaban J connectivity index is 2.24.